The van der Waals surface area contributed by atoms with Crippen molar-refractivity contribution in [3.63, 3.8) is 0 Å². The van der Waals surface area contributed by atoms with Gasteiger partial charge >= 0.3 is 0 Å². The van der Waals surface area contributed by atoms with Crippen molar-refractivity contribution in [1.82, 2.24) is 9.88 Å². The Bertz CT molecular complexity index is 585. The summed E-state index contributed by atoms with van der Waals surface area (Å²) in [6.07, 6.45) is 1.09. The molecule has 2 aromatic rings. The predicted molar refractivity (Wildman–Crippen MR) is 83.9 cm³/mol. The first-order chi connectivity index (χ1) is 8.79. The molecule has 19 heavy (non-hydrogen) atoms. The van der Waals surface area contributed by atoms with E-state index in [4.69, 9.17) is 0 Å². The zero-order valence-electron chi connectivity index (χ0n) is 13.1. The molecular formula is C17H26N2. The molecular weight excluding hydrogens is 232 g/mol. The maximum Gasteiger partial charge on any atom is 0.0485 e. The number of hydrogen-bond acceptors (Lipinski definition) is 1. The molecule has 0 aliphatic rings. The van der Waals surface area contributed by atoms with Gasteiger partial charge in [0.1, 0.15) is 0 Å². The number of aryl methyl sites for hydroxylation is 2. The summed E-state index contributed by atoms with van der Waals surface area (Å²) in [7, 11) is 2.16. The third-order valence-electron chi connectivity index (χ3n) is 3.81. The van der Waals surface area contributed by atoms with Crippen molar-refractivity contribution < 1.29 is 0 Å². The van der Waals surface area contributed by atoms with Crippen LogP contribution >= 0.6 is 0 Å². The van der Waals surface area contributed by atoms with Gasteiger partial charge in [-0.25, -0.2) is 0 Å². The van der Waals surface area contributed by atoms with Gasteiger partial charge in [-0.3, -0.25) is 0 Å². The first-order valence-corrected chi connectivity index (χ1v) is 7.09. The van der Waals surface area contributed by atoms with Gasteiger partial charge in [0.25, 0.3) is 0 Å². The van der Waals surface area contributed by atoms with Crippen molar-refractivity contribution in [2.75, 3.05) is 6.54 Å². The number of fused-ring (bicyclic) bond motifs is 1. The highest BCUT2D eigenvalue weighted by Crippen LogP contribution is 2.26. The van der Waals surface area contributed by atoms with E-state index in [9.17, 15) is 0 Å². The Hall–Kier alpha value is -1.28. The van der Waals surface area contributed by atoms with Crippen molar-refractivity contribution in [3.05, 3.63) is 35.0 Å². The fourth-order valence-electron chi connectivity index (χ4n) is 2.63. The van der Waals surface area contributed by atoms with Crippen molar-refractivity contribution in [2.45, 2.75) is 46.6 Å². The lowest BCUT2D eigenvalue weighted by Gasteiger charge is -2.20. The maximum absolute atomic E-state index is 3.57. The molecule has 1 N–H and O–H groups in total. The second-order valence-corrected chi connectivity index (χ2v) is 6.57. The van der Waals surface area contributed by atoms with Crippen LogP contribution in [-0.4, -0.2) is 16.7 Å². The second kappa shape index (κ2) is 5.01. The van der Waals surface area contributed by atoms with Gasteiger partial charge in [-0.05, 0) is 64.8 Å². The SMILES string of the molecule is Cc1ccc2c(CCNC(C)(C)C)c(C)n(C)c2c1. The normalized spacial score (nSPS) is 12.3. The van der Waals surface area contributed by atoms with Crippen LogP contribution in [-0.2, 0) is 13.5 Å². The molecule has 0 atom stereocenters. The topological polar surface area (TPSA) is 17.0 Å². The molecule has 104 valence electrons. The maximum atomic E-state index is 3.57. The lowest BCUT2D eigenvalue weighted by Crippen LogP contribution is -2.37. The van der Waals surface area contributed by atoms with Crippen molar-refractivity contribution >= 4 is 10.9 Å². The molecule has 0 spiro atoms. The van der Waals surface area contributed by atoms with Gasteiger partial charge in [-0.2, -0.15) is 0 Å². The number of benzene rings is 1. The average molecular weight is 258 g/mol. The summed E-state index contributed by atoms with van der Waals surface area (Å²) in [5.74, 6) is 0. The van der Waals surface area contributed by atoms with Crippen molar-refractivity contribution in [3.8, 4) is 0 Å². The fourth-order valence-corrected chi connectivity index (χ4v) is 2.63. The molecule has 2 nitrogen and oxygen atoms in total. The van der Waals surface area contributed by atoms with Crippen LogP contribution in [0.5, 0.6) is 0 Å². The summed E-state index contributed by atoms with van der Waals surface area (Å²) >= 11 is 0. The fraction of sp³-hybridized carbons (Fsp3) is 0.529. The summed E-state index contributed by atoms with van der Waals surface area (Å²) in [5.41, 5.74) is 5.73. The molecule has 0 aliphatic carbocycles. The zero-order valence-corrected chi connectivity index (χ0v) is 13.1. The molecule has 0 saturated heterocycles. The van der Waals surface area contributed by atoms with Crippen molar-refractivity contribution in [2.24, 2.45) is 7.05 Å². The van der Waals surface area contributed by atoms with Crippen LogP contribution < -0.4 is 5.32 Å². The van der Waals surface area contributed by atoms with Crippen LogP contribution in [0.4, 0.5) is 0 Å². The largest absolute Gasteiger partial charge is 0.348 e. The number of nitrogens with one attached hydrogen (secondary N) is 1. The molecule has 1 aromatic carbocycles. The Morgan fingerprint density at radius 2 is 1.84 bits per heavy atom. The van der Waals surface area contributed by atoms with Crippen molar-refractivity contribution in [1.29, 1.82) is 0 Å². The molecule has 1 aromatic heterocycles. The van der Waals surface area contributed by atoms with E-state index < -0.39 is 0 Å². The Balaban J connectivity index is 2.30. The van der Waals surface area contributed by atoms with E-state index in [0.717, 1.165) is 13.0 Å². The van der Waals surface area contributed by atoms with Gasteiger partial charge in [-0.1, -0.05) is 12.1 Å². The third-order valence-corrected chi connectivity index (χ3v) is 3.81. The minimum Gasteiger partial charge on any atom is -0.348 e. The van der Waals surface area contributed by atoms with E-state index in [2.05, 4.69) is 69.7 Å². The standard InChI is InChI=1S/C17H26N2/c1-12-7-8-15-14(9-10-18-17(3,4)5)13(2)19(6)16(15)11-12/h7-8,11,18H,9-10H2,1-6H3. The number of hydrogen-bond donors (Lipinski definition) is 1. The van der Waals surface area contributed by atoms with Gasteiger partial charge in [-0.15, -0.1) is 0 Å². The van der Waals surface area contributed by atoms with E-state index in [1.54, 1.807) is 0 Å². The Morgan fingerprint density at radius 3 is 2.47 bits per heavy atom. The lowest BCUT2D eigenvalue weighted by molar-refractivity contribution is 0.429. The van der Waals surface area contributed by atoms with Gasteiger partial charge in [0.15, 0.2) is 0 Å². The molecule has 2 heteroatoms. The van der Waals surface area contributed by atoms with Crippen LogP contribution in [0.2, 0.25) is 0 Å². The molecule has 2 rings (SSSR count). The second-order valence-electron chi connectivity index (χ2n) is 6.57. The molecule has 0 unspecified atom stereocenters. The van der Waals surface area contributed by atoms with E-state index in [0.29, 0.717) is 0 Å². The molecule has 0 saturated carbocycles. The monoisotopic (exact) mass is 258 g/mol. The highest BCUT2D eigenvalue weighted by Gasteiger charge is 2.13. The number of aromatic nitrogens is 1. The molecule has 0 aliphatic heterocycles. The zero-order chi connectivity index (χ0) is 14.2. The molecule has 0 radical (unpaired) electrons. The highest BCUT2D eigenvalue weighted by molar-refractivity contribution is 5.86. The van der Waals surface area contributed by atoms with Crippen LogP contribution in [0, 0.1) is 13.8 Å². The van der Waals surface area contributed by atoms with Gasteiger partial charge < -0.3 is 9.88 Å². The van der Waals surface area contributed by atoms with Crippen LogP contribution in [0.25, 0.3) is 10.9 Å². The van der Waals surface area contributed by atoms with Gasteiger partial charge in [0, 0.05) is 29.2 Å². The molecule has 0 bridgehead atoms. The summed E-state index contributed by atoms with van der Waals surface area (Å²) in [5, 5.41) is 4.98. The molecule has 0 fully saturated rings. The van der Waals surface area contributed by atoms with Crippen LogP contribution in [0.15, 0.2) is 18.2 Å². The van der Waals surface area contributed by atoms with Crippen LogP contribution in [0.3, 0.4) is 0 Å². The minimum absolute atomic E-state index is 0.190. The quantitative estimate of drug-likeness (QED) is 0.887. The average Bonchev–Trinajstić information content (AvgIpc) is 2.53. The summed E-state index contributed by atoms with van der Waals surface area (Å²) in [6.45, 7) is 12.0. The number of nitrogens with zero attached hydrogens (tertiary/aromatic N) is 1. The summed E-state index contributed by atoms with van der Waals surface area (Å²) in [4.78, 5) is 0. The summed E-state index contributed by atoms with van der Waals surface area (Å²) in [6, 6.07) is 6.76. The van der Waals surface area contributed by atoms with Gasteiger partial charge in [0.2, 0.25) is 0 Å². The third kappa shape index (κ3) is 3.01. The van der Waals surface area contributed by atoms with Gasteiger partial charge in [0.05, 0.1) is 0 Å². The summed E-state index contributed by atoms with van der Waals surface area (Å²) < 4.78 is 2.31. The Morgan fingerprint density at radius 1 is 1.16 bits per heavy atom. The van der Waals surface area contributed by atoms with E-state index >= 15 is 0 Å². The van der Waals surface area contributed by atoms with E-state index in [-0.39, 0.29) is 5.54 Å². The van der Waals surface area contributed by atoms with E-state index in [1.165, 1.54) is 27.7 Å². The molecule has 0 amide bonds. The number of rotatable bonds is 3. The Labute approximate surface area is 116 Å². The minimum atomic E-state index is 0.190. The lowest BCUT2D eigenvalue weighted by atomic mass is 10.0. The smallest absolute Gasteiger partial charge is 0.0485 e. The predicted octanol–water partition coefficient (Wildman–Crippen LogP) is 3.73. The van der Waals surface area contributed by atoms with E-state index in [1.807, 2.05) is 0 Å². The van der Waals surface area contributed by atoms with Crippen LogP contribution in [0.1, 0.15) is 37.6 Å². The Kier molecular flexibility index (Phi) is 3.73. The highest BCUT2D eigenvalue weighted by atomic mass is 15.0. The first kappa shape index (κ1) is 14.1. The first-order valence-electron chi connectivity index (χ1n) is 7.09. The molecule has 1 heterocycles.